The number of imide groups is 1. The highest BCUT2D eigenvalue weighted by atomic mass is 16.5. The summed E-state index contributed by atoms with van der Waals surface area (Å²) in [6.45, 7) is 0.597. The molecule has 0 spiro atoms. The minimum Gasteiger partial charge on any atom is -0.352 e. The number of aromatic nitrogens is 4. The summed E-state index contributed by atoms with van der Waals surface area (Å²) in [6, 6.07) is 9.88. The number of imidazole rings is 1. The molecule has 2 aromatic heterocycles. The van der Waals surface area contributed by atoms with Gasteiger partial charge in [0.2, 0.25) is 5.95 Å². The fourth-order valence-electron chi connectivity index (χ4n) is 2.27. The number of rotatable bonds is 3. The van der Waals surface area contributed by atoms with Crippen molar-refractivity contribution in [3.8, 4) is 0 Å². The molecule has 26 heavy (non-hydrogen) atoms. The first-order chi connectivity index (χ1) is 12.5. The lowest BCUT2D eigenvalue weighted by atomic mass is 10.2. The van der Waals surface area contributed by atoms with Crippen LogP contribution in [-0.4, -0.2) is 42.0 Å². The van der Waals surface area contributed by atoms with Crippen LogP contribution in [0.25, 0.3) is 11.2 Å². The van der Waals surface area contributed by atoms with E-state index in [1.54, 1.807) is 0 Å². The average molecular weight is 356 g/mol. The Hall–Kier alpha value is -3.53. The molecule has 3 aromatic rings. The Morgan fingerprint density at radius 2 is 1.81 bits per heavy atom. The van der Waals surface area contributed by atoms with E-state index in [-0.39, 0.29) is 23.5 Å². The molecule has 4 N–H and O–H groups in total. The van der Waals surface area contributed by atoms with Gasteiger partial charge in [0, 0.05) is 19.4 Å². The van der Waals surface area contributed by atoms with Gasteiger partial charge in [-0.2, -0.15) is 10.0 Å². The number of anilines is 1. The van der Waals surface area contributed by atoms with Crippen LogP contribution in [0, 0.1) is 0 Å². The predicted molar refractivity (Wildman–Crippen MR) is 91.2 cm³/mol. The summed E-state index contributed by atoms with van der Waals surface area (Å²) in [4.78, 5) is 45.7. The first-order valence-electron chi connectivity index (χ1n) is 7.80. The fraction of sp³-hybridized carbons (Fsp3) is 0.188. The topological polar surface area (TPSA) is 144 Å². The van der Waals surface area contributed by atoms with Crippen LogP contribution < -0.4 is 10.9 Å². The minimum absolute atomic E-state index is 0.148. The molecule has 0 saturated carbocycles. The predicted octanol–water partition coefficient (Wildman–Crippen LogP) is 0.783. The van der Waals surface area contributed by atoms with Crippen molar-refractivity contribution in [2.24, 2.45) is 0 Å². The molecule has 0 atom stereocenters. The number of hydroxylamine groups is 2. The zero-order chi connectivity index (χ0) is 18.5. The first-order valence-corrected chi connectivity index (χ1v) is 7.80. The molecule has 0 radical (unpaired) electrons. The van der Waals surface area contributed by atoms with Crippen LogP contribution in [0.3, 0.4) is 0 Å². The lowest BCUT2D eigenvalue weighted by Gasteiger charge is -2.04. The van der Waals surface area contributed by atoms with Crippen LogP contribution in [0.4, 0.5) is 5.95 Å². The highest BCUT2D eigenvalue weighted by Crippen LogP contribution is 2.07. The van der Waals surface area contributed by atoms with Crippen molar-refractivity contribution in [2.75, 3.05) is 5.32 Å². The number of carbonyl (C=O) groups is 2. The van der Waals surface area contributed by atoms with Crippen LogP contribution in [0.2, 0.25) is 0 Å². The molecule has 10 heteroatoms. The molecule has 1 aliphatic rings. The molecule has 0 bridgehead atoms. The van der Waals surface area contributed by atoms with Crippen molar-refractivity contribution in [1.29, 1.82) is 0 Å². The van der Waals surface area contributed by atoms with Gasteiger partial charge in [0.25, 0.3) is 17.4 Å². The van der Waals surface area contributed by atoms with E-state index in [1.165, 1.54) is 6.33 Å². The van der Waals surface area contributed by atoms with Crippen molar-refractivity contribution in [3.05, 3.63) is 52.6 Å². The smallest absolute Gasteiger partial charge is 0.278 e. The lowest BCUT2D eigenvalue weighted by Crippen LogP contribution is -2.24. The fourth-order valence-corrected chi connectivity index (χ4v) is 2.27. The van der Waals surface area contributed by atoms with E-state index >= 15 is 0 Å². The Balaban J connectivity index is 0.000000206. The second-order valence-electron chi connectivity index (χ2n) is 5.45. The van der Waals surface area contributed by atoms with Crippen LogP contribution >= 0.6 is 0 Å². The van der Waals surface area contributed by atoms with E-state index in [4.69, 9.17) is 5.21 Å². The van der Waals surface area contributed by atoms with Crippen molar-refractivity contribution in [3.63, 3.8) is 0 Å². The Bertz CT molecular complexity index is 965. The van der Waals surface area contributed by atoms with Gasteiger partial charge in [-0.15, -0.1) is 0 Å². The van der Waals surface area contributed by atoms with Crippen LogP contribution in [0.15, 0.2) is 41.5 Å². The van der Waals surface area contributed by atoms with E-state index < -0.39 is 11.8 Å². The Kier molecular flexibility index (Phi) is 5.04. The highest BCUT2D eigenvalue weighted by Gasteiger charge is 2.26. The third-order valence-corrected chi connectivity index (χ3v) is 3.62. The van der Waals surface area contributed by atoms with Crippen LogP contribution in [0.1, 0.15) is 18.4 Å². The third kappa shape index (κ3) is 3.92. The molecule has 3 heterocycles. The number of amides is 2. The largest absolute Gasteiger partial charge is 0.352 e. The number of fused-ring (bicyclic) bond motifs is 1. The molecule has 1 aliphatic heterocycles. The molecule has 0 unspecified atom stereocenters. The lowest BCUT2D eigenvalue weighted by molar-refractivity contribution is -0.171. The van der Waals surface area contributed by atoms with E-state index in [2.05, 4.69) is 25.3 Å². The van der Waals surface area contributed by atoms with Gasteiger partial charge in [0.1, 0.15) is 0 Å². The zero-order valence-electron chi connectivity index (χ0n) is 13.6. The quantitative estimate of drug-likeness (QED) is 0.401. The molecule has 1 fully saturated rings. The summed E-state index contributed by atoms with van der Waals surface area (Å²) >= 11 is 0. The summed E-state index contributed by atoms with van der Waals surface area (Å²) in [5.74, 6) is -0.589. The summed E-state index contributed by atoms with van der Waals surface area (Å²) in [6.07, 6.45) is 1.75. The van der Waals surface area contributed by atoms with Gasteiger partial charge in [-0.1, -0.05) is 30.3 Å². The number of nitrogens with one attached hydrogen (secondary N) is 3. The normalized spacial score (nSPS) is 13.7. The van der Waals surface area contributed by atoms with Crippen molar-refractivity contribution in [2.45, 2.75) is 19.4 Å². The number of hydrogen-bond acceptors (Lipinski definition) is 7. The summed E-state index contributed by atoms with van der Waals surface area (Å²) in [7, 11) is 0. The standard InChI is InChI=1S/C12H11N5O.C4H5NO3/c18-11-9-10(15-7-14-9)16-12(17-11)13-6-8-4-2-1-3-5-8;6-3-1-2-4(7)5(3)8/h1-5,7H,6H2,(H3,13,14,15,16,17,18);8H,1-2H2. The Morgan fingerprint density at radius 1 is 1.12 bits per heavy atom. The Labute approximate surface area is 146 Å². The number of hydrogen-bond donors (Lipinski definition) is 4. The van der Waals surface area contributed by atoms with Crippen LogP contribution in [0.5, 0.6) is 0 Å². The van der Waals surface area contributed by atoms with Gasteiger partial charge in [-0.25, -0.2) is 4.98 Å². The van der Waals surface area contributed by atoms with Crippen molar-refractivity contribution in [1.82, 2.24) is 25.0 Å². The molecule has 0 aliphatic carbocycles. The maximum atomic E-state index is 11.7. The van der Waals surface area contributed by atoms with Gasteiger partial charge in [0.15, 0.2) is 11.2 Å². The number of carbonyl (C=O) groups excluding carboxylic acids is 2. The Morgan fingerprint density at radius 3 is 2.42 bits per heavy atom. The summed E-state index contributed by atoms with van der Waals surface area (Å²) in [5, 5.41) is 11.6. The van der Waals surface area contributed by atoms with Gasteiger partial charge in [-0.3, -0.25) is 24.6 Å². The van der Waals surface area contributed by atoms with E-state index in [0.717, 1.165) is 5.56 Å². The highest BCUT2D eigenvalue weighted by molar-refractivity contribution is 6.00. The number of nitrogens with zero attached hydrogens (tertiary/aromatic N) is 3. The van der Waals surface area contributed by atoms with Gasteiger partial charge < -0.3 is 10.3 Å². The number of benzene rings is 1. The first kappa shape index (κ1) is 17.3. The third-order valence-electron chi connectivity index (χ3n) is 3.62. The van der Waals surface area contributed by atoms with E-state index in [9.17, 15) is 14.4 Å². The maximum absolute atomic E-state index is 11.7. The SMILES string of the molecule is O=C1CCC(=O)N1O.O=c1[nH]c(NCc2ccccc2)nc2nc[nH]c12. The minimum atomic E-state index is -0.505. The van der Waals surface area contributed by atoms with E-state index in [0.29, 0.717) is 23.7 Å². The number of aromatic amines is 2. The number of H-pyrrole nitrogens is 2. The second kappa shape index (κ2) is 7.57. The van der Waals surface area contributed by atoms with Gasteiger partial charge in [-0.05, 0) is 5.56 Å². The molecule has 1 aromatic carbocycles. The molecular weight excluding hydrogens is 340 g/mol. The monoisotopic (exact) mass is 356 g/mol. The summed E-state index contributed by atoms with van der Waals surface area (Å²) < 4.78 is 0. The van der Waals surface area contributed by atoms with Crippen molar-refractivity contribution >= 4 is 28.9 Å². The molecule has 10 nitrogen and oxygen atoms in total. The van der Waals surface area contributed by atoms with Crippen LogP contribution in [-0.2, 0) is 16.1 Å². The van der Waals surface area contributed by atoms with Gasteiger partial charge in [0.05, 0.1) is 6.33 Å². The maximum Gasteiger partial charge on any atom is 0.278 e. The summed E-state index contributed by atoms with van der Waals surface area (Å²) in [5.41, 5.74) is 1.69. The van der Waals surface area contributed by atoms with E-state index in [1.807, 2.05) is 30.3 Å². The molecular formula is C16H16N6O4. The van der Waals surface area contributed by atoms with Gasteiger partial charge >= 0.3 is 0 Å². The molecule has 2 amide bonds. The molecule has 134 valence electrons. The zero-order valence-corrected chi connectivity index (χ0v) is 13.6. The average Bonchev–Trinajstić information content (AvgIpc) is 3.24. The molecule has 1 saturated heterocycles. The second-order valence-corrected chi connectivity index (χ2v) is 5.45. The van der Waals surface area contributed by atoms with Crippen molar-refractivity contribution < 1.29 is 14.8 Å². The molecule has 4 rings (SSSR count).